The van der Waals surface area contributed by atoms with Gasteiger partial charge in [0.15, 0.2) is 11.6 Å². The molecule has 2 aromatic carbocycles. The molecular weight excluding hydrogens is 540 g/mol. The topological polar surface area (TPSA) is 146 Å². The number of ether oxygens (including phenoxy) is 1. The Balaban J connectivity index is 1.64. The number of anilines is 1. The van der Waals surface area contributed by atoms with Crippen LogP contribution in [-0.2, 0) is 0 Å². The third kappa shape index (κ3) is 5.05. The minimum atomic E-state index is -3.81. The van der Waals surface area contributed by atoms with E-state index in [0.29, 0.717) is 23.0 Å². The number of primary amides is 1. The van der Waals surface area contributed by atoms with E-state index in [1.165, 1.54) is 42.6 Å². The van der Waals surface area contributed by atoms with Gasteiger partial charge in [-0.15, -0.1) is 0 Å². The lowest BCUT2D eigenvalue weighted by Crippen LogP contribution is -2.53. The molecule has 2 fully saturated rings. The van der Waals surface area contributed by atoms with E-state index >= 15 is 0 Å². The van der Waals surface area contributed by atoms with E-state index < -0.39 is 35.1 Å². The van der Waals surface area contributed by atoms with E-state index in [0.717, 1.165) is 25.3 Å². The Kier molecular flexibility index (Phi) is 6.79. The maximum Gasteiger partial charge on any atom is 0.377 e. The van der Waals surface area contributed by atoms with Crippen LogP contribution in [0, 0.1) is 17.7 Å². The van der Waals surface area contributed by atoms with Crippen molar-refractivity contribution in [2.24, 2.45) is 17.6 Å². The summed E-state index contributed by atoms with van der Waals surface area (Å²) in [6.45, 7) is 0. The lowest BCUT2D eigenvalue weighted by molar-refractivity contribution is -0.304. The van der Waals surface area contributed by atoms with Crippen LogP contribution in [0.5, 0.6) is 5.75 Å². The zero-order valence-corrected chi connectivity index (χ0v) is 21.2. The normalized spacial score (nSPS) is 20.1. The molecule has 1 heterocycles. The molecule has 12 heteroatoms. The summed E-state index contributed by atoms with van der Waals surface area (Å²) in [6, 6.07) is 9.26. The number of amides is 2. The number of carbonyl (C=O) groups is 2. The van der Waals surface area contributed by atoms with Crippen LogP contribution >= 0.6 is 23.2 Å². The van der Waals surface area contributed by atoms with Gasteiger partial charge in [0.1, 0.15) is 5.82 Å². The number of nitrogens with two attached hydrogens (primary N) is 1. The third-order valence-electron chi connectivity index (χ3n) is 6.78. The number of halogens is 3. The number of hydrogen-bond donors (Lipinski definition) is 4. The molecule has 0 radical (unpaired) electrons. The predicted molar refractivity (Wildman–Crippen MR) is 136 cm³/mol. The largest absolute Gasteiger partial charge is 0.486 e. The van der Waals surface area contributed by atoms with Crippen LogP contribution in [0.4, 0.5) is 10.2 Å². The third-order valence-corrected chi connectivity index (χ3v) is 7.42. The van der Waals surface area contributed by atoms with Gasteiger partial charge in [-0.1, -0.05) is 29.3 Å². The van der Waals surface area contributed by atoms with Crippen LogP contribution in [0.3, 0.4) is 0 Å². The van der Waals surface area contributed by atoms with Crippen molar-refractivity contribution in [3.05, 3.63) is 75.7 Å². The molecule has 0 aliphatic heterocycles. The second-order valence-corrected chi connectivity index (χ2v) is 10.2. The van der Waals surface area contributed by atoms with Gasteiger partial charge in [-0.3, -0.25) is 9.59 Å². The zero-order chi connectivity index (χ0) is 27.4. The second kappa shape index (κ2) is 9.79. The van der Waals surface area contributed by atoms with Crippen LogP contribution in [0.1, 0.15) is 40.0 Å². The number of rotatable bonds is 7. The summed E-state index contributed by atoms with van der Waals surface area (Å²) in [5, 5.41) is 30.5. The van der Waals surface area contributed by atoms with Gasteiger partial charge in [-0.05, 0) is 67.5 Å². The fraction of sp³-hybridized carbons (Fsp3) is 0.269. The first-order valence-corrected chi connectivity index (χ1v) is 12.4. The van der Waals surface area contributed by atoms with Crippen molar-refractivity contribution < 1.29 is 34.0 Å². The number of benzene rings is 2. The van der Waals surface area contributed by atoms with Crippen molar-refractivity contribution in [3.8, 4) is 16.9 Å². The molecule has 2 saturated carbocycles. The van der Waals surface area contributed by atoms with E-state index in [9.17, 15) is 29.3 Å². The van der Waals surface area contributed by atoms with Gasteiger partial charge in [-0.2, -0.15) is 0 Å². The fourth-order valence-electron chi connectivity index (χ4n) is 4.86. The Morgan fingerprint density at radius 2 is 1.76 bits per heavy atom. The number of pyridine rings is 1. The molecule has 2 amide bonds. The molecule has 2 aliphatic rings. The van der Waals surface area contributed by atoms with Crippen molar-refractivity contribution in [1.29, 1.82) is 0 Å². The Labute approximate surface area is 226 Å². The lowest BCUT2D eigenvalue weighted by atomic mass is 10.0. The Morgan fingerprint density at radius 1 is 1.05 bits per heavy atom. The molecule has 38 heavy (non-hydrogen) atoms. The smallest absolute Gasteiger partial charge is 0.377 e. The Hall–Kier alpha value is -3.28. The lowest BCUT2D eigenvalue weighted by Gasteiger charge is -2.31. The molecule has 198 valence electrons. The molecule has 3 atom stereocenters. The van der Waals surface area contributed by atoms with Crippen LogP contribution in [-0.4, -0.2) is 44.3 Å². The minimum Gasteiger partial charge on any atom is -0.486 e. The van der Waals surface area contributed by atoms with Crippen molar-refractivity contribution in [2.45, 2.75) is 31.5 Å². The Morgan fingerprint density at radius 3 is 2.39 bits per heavy atom. The van der Waals surface area contributed by atoms with Gasteiger partial charge in [-0.25, -0.2) is 14.3 Å². The van der Waals surface area contributed by atoms with E-state index in [2.05, 4.69) is 4.98 Å². The first kappa shape index (κ1) is 26.3. The van der Waals surface area contributed by atoms with Gasteiger partial charge in [0.05, 0.1) is 16.7 Å². The van der Waals surface area contributed by atoms with Crippen molar-refractivity contribution in [1.82, 2.24) is 4.98 Å². The molecule has 5 rings (SSSR count). The van der Waals surface area contributed by atoms with Crippen molar-refractivity contribution in [2.75, 3.05) is 4.90 Å². The molecule has 0 saturated heterocycles. The van der Waals surface area contributed by atoms with Gasteiger partial charge in [0.25, 0.3) is 5.91 Å². The van der Waals surface area contributed by atoms with Gasteiger partial charge >= 0.3 is 6.10 Å². The molecule has 9 nitrogen and oxygen atoms in total. The van der Waals surface area contributed by atoms with E-state index in [1.54, 1.807) is 0 Å². The minimum absolute atomic E-state index is 0.0769. The maximum atomic E-state index is 14.6. The first-order chi connectivity index (χ1) is 17.9. The van der Waals surface area contributed by atoms with E-state index in [-0.39, 0.29) is 32.4 Å². The van der Waals surface area contributed by atoms with Crippen LogP contribution in [0.15, 0.2) is 48.7 Å². The van der Waals surface area contributed by atoms with Gasteiger partial charge in [0, 0.05) is 27.9 Å². The quantitative estimate of drug-likeness (QED) is 0.321. The summed E-state index contributed by atoms with van der Waals surface area (Å²) in [4.78, 5) is 29.3. The second-order valence-electron chi connectivity index (χ2n) is 9.41. The van der Waals surface area contributed by atoms with Crippen LogP contribution in [0.25, 0.3) is 11.1 Å². The monoisotopic (exact) mass is 561 g/mol. The summed E-state index contributed by atoms with van der Waals surface area (Å²) in [5.41, 5.74) is 5.57. The SMILES string of the molecule is NC(=O)c1ccc(Cl)c(-c2cnc(N(C(=O)c3c(F)cccc3Cl)C(O)(O)O)c(OC3C[C@@H]4C[C@@H]4C3)c2)c1. The van der Waals surface area contributed by atoms with Gasteiger partial charge < -0.3 is 25.8 Å². The first-order valence-electron chi connectivity index (χ1n) is 11.7. The molecular formula is C26H22Cl2FN3O6. The highest BCUT2D eigenvalue weighted by atomic mass is 35.5. The number of hydrogen-bond acceptors (Lipinski definition) is 7. The highest BCUT2D eigenvalue weighted by Gasteiger charge is 2.47. The molecule has 5 N–H and O–H groups in total. The summed E-state index contributed by atoms with van der Waals surface area (Å²) in [6.07, 6.45) is -0.291. The highest BCUT2D eigenvalue weighted by Crippen LogP contribution is 2.53. The summed E-state index contributed by atoms with van der Waals surface area (Å²) in [7, 11) is 0. The van der Waals surface area contributed by atoms with Gasteiger partial charge in [0.2, 0.25) is 5.91 Å². The molecule has 0 bridgehead atoms. The van der Waals surface area contributed by atoms with E-state index in [1.807, 2.05) is 0 Å². The zero-order valence-electron chi connectivity index (χ0n) is 19.6. The molecule has 3 aromatic rings. The summed E-state index contributed by atoms with van der Waals surface area (Å²) in [5.74, 6) is -2.70. The molecule has 1 aromatic heterocycles. The van der Waals surface area contributed by atoms with Crippen molar-refractivity contribution in [3.63, 3.8) is 0 Å². The molecule has 2 aliphatic carbocycles. The Bertz CT molecular complexity index is 1420. The molecule has 1 unspecified atom stereocenters. The number of aromatic nitrogens is 1. The molecule has 0 spiro atoms. The van der Waals surface area contributed by atoms with Crippen molar-refractivity contribution >= 4 is 40.8 Å². The maximum absolute atomic E-state index is 14.6. The summed E-state index contributed by atoms with van der Waals surface area (Å²) >= 11 is 12.4. The highest BCUT2D eigenvalue weighted by molar-refractivity contribution is 6.34. The standard InChI is InChI=1S/C26H22Cl2FN3O6/c27-18-5-4-12(23(30)33)9-17(18)15-10-21(38-16-7-13-6-14(13)8-16)24(31-11-15)32(26(35,36)37)25(34)22-19(28)2-1-3-20(22)29/h1-5,9-11,13-14,16,35-37H,6-8H2,(H2,30,33)/t13-,14+,16?. The average Bonchev–Trinajstić information content (AvgIpc) is 3.44. The predicted octanol–water partition coefficient (Wildman–Crippen LogP) is 3.71. The number of carbonyl (C=O) groups excluding carboxylic acids is 2. The van der Waals surface area contributed by atoms with E-state index in [4.69, 9.17) is 33.7 Å². The van der Waals surface area contributed by atoms with Crippen LogP contribution < -0.4 is 15.4 Å². The number of fused-ring (bicyclic) bond motifs is 1. The fourth-order valence-corrected chi connectivity index (χ4v) is 5.33. The number of aliphatic hydroxyl groups is 3. The van der Waals surface area contributed by atoms with Crippen LogP contribution in [0.2, 0.25) is 10.0 Å². The average molecular weight is 562 g/mol. The number of nitrogens with zero attached hydrogens (tertiary/aromatic N) is 2. The summed E-state index contributed by atoms with van der Waals surface area (Å²) < 4.78 is 20.8.